The van der Waals surface area contributed by atoms with E-state index in [2.05, 4.69) is 22.5 Å². The SMILES string of the molecule is CCC[C@@H](C)NC(=O)CSc1ncccc1C(=O)OCC(=O)N[C@@H](C)CCC. The van der Waals surface area contributed by atoms with Gasteiger partial charge in [0.2, 0.25) is 5.91 Å². The average Bonchev–Trinajstić information content (AvgIpc) is 2.65. The van der Waals surface area contributed by atoms with Crippen molar-refractivity contribution in [3.8, 4) is 0 Å². The van der Waals surface area contributed by atoms with E-state index < -0.39 is 5.97 Å². The molecule has 28 heavy (non-hydrogen) atoms. The van der Waals surface area contributed by atoms with Crippen molar-refractivity contribution in [3.05, 3.63) is 23.9 Å². The predicted octanol–water partition coefficient (Wildman–Crippen LogP) is 2.94. The lowest BCUT2D eigenvalue weighted by atomic mass is 10.2. The van der Waals surface area contributed by atoms with Crippen molar-refractivity contribution in [2.45, 2.75) is 70.5 Å². The maximum atomic E-state index is 12.3. The summed E-state index contributed by atoms with van der Waals surface area (Å²) >= 11 is 1.17. The molecular formula is C20H31N3O4S. The molecule has 0 saturated heterocycles. The van der Waals surface area contributed by atoms with E-state index in [0.717, 1.165) is 25.7 Å². The summed E-state index contributed by atoms with van der Waals surface area (Å²) in [6, 6.07) is 3.34. The smallest absolute Gasteiger partial charge is 0.341 e. The van der Waals surface area contributed by atoms with E-state index in [0.29, 0.717) is 5.03 Å². The molecule has 2 N–H and O–H groups in total. The first kappa shape index (κ1) is 23.9. The zero-order valence-corrected chi connectivity index (χ0v) is 17.9. The molecule has 0 saturated carbocycles. The summed E-state index contributed by atoms with van der Waals surface area (Å²) in [5, 5.41) is 6.10. The Morgan fingerprint density at radius 3 is 2.29 bits per heavy atom. The second-order valence-corrected chi connectivity index (χ2v) is 7.70. The van der Waals surface area contributed by atoms with Crippen LogP contribution in [0.4, 0.5) is 0 Å². The van der Waals surface area contributed by atoms with Crippen molar-refractivity contribution in [2.75, 3.05) is 12.4 Å². The summed E-state index contributed by atoms with van der Waals surface area (Å²) in [6.45, 7) is 7.62. The Morgan fingerprint density at radius 1 is 1.07 bits per heavy atom. The number of aromatic nitrogens is 1. The van der Waals surface area contributed by atoms with Crippen LogP contribution in [0.1, 0.15) is 63.7 Å². The van der Waals surface area contributed by atoms with Crippen LogP contribution in [-0.2, 0) is 14.3 Å². The maximum Gasteiger partial charge on any atom is 0.341 e. The van der Waals surface area contributed by atoms with Crippen LogP contribution < -0.4 is 10.6 Å². The van der Waals surface area contributed by atoms with Gasteiger partial charge in [0.15, 0.2) is 6.61 Å². The molecule has 0 unspecified atom stereocenters. The van der Waals surface area contributed by atoms with Gasteiger partial charge in [0.1, 0.15) is 5.03 Å². The number of nitrogens with zero attached hydrogens (tertiary/aromatic N) is 1. The van der Waals surface area contributed by atoms with Crippen LogP contribution in [0.25, 0.3) is 0 Å². The van der Waals surface area contributed by atoms with Crippen LogP contribution in [0.2, 0.25) is 0 Å². The highest BCUT2D eigenvalue weighted by molar-refractivity contribution is 8.00. The molecule has 1 aromatic heterocycles. The molecule has 0 radical (unpaired) electrons. The fraction of sp³-hybridized carbons (Fsp3) is 0.600. The van der Waals surface area contributed by atoms with E-state index in [9.17, 15) is 14.4 Å². The van der Waals surface area contributed by atoms with Crippen molar-refractivity contribution in [3.63, 3.8) is 0 Å². The molecule has 0 aliphatic carbocycles. The highest BCUT2D eigenvalue weighted by Gasteiger charge is 2.17. The summed E-state index contributed by atoms with van der Waals surface area (Å²) in [5.41, 5.74) is 0.247. The van der Waals surface area contributed by atoms with E-state index >= 15 is 0 Å². The molecule has 0 bridgehead atoms. The predicted molar refractivity (Wildman–Crippen MR) is 110 cm³/mol. The standard InChI is InChI=1S/C20H31N3O4S/c1-5-8-14(3)22-17(24)12-27-20(26)16-10-7-11-21-19(16)28-13-18(25)23-15(4)9-6-2/h7,10-11,14-15H,5-6,8-9,12-13H2,1-4H3,(H,22,24)(H,23,25)/t14-,15+/m0/s1. The Kier molecular flexibility index (Phi) is 11.2. The zero-order valence-electron chi connectivity index (χ0n) is 17.1. The monoisotopic (exact) mass is 409 g/mol. The van der Waals surface area contributed by atoms with Gasteiger partial charge in [0.25, 0.3) is 5.91 Å². The number of hydrogen-bond donors (Lipinski definition) is 2. The topological polar surface area (TPSA) is 97.4 Å². The average molecular weight is 410 g/mol. The molecule has 0 spiro atoms. The molecule has 0 aliphatic rings. The number of ether oxygens (including phenoxy) is 1. The molecule has 1 aromatic rings. The Bertz CT molecular complexity index is 654. The van der Waals surface area contributed by atoms with Crippen LogP contribution in [-0.4, -0.2) is 47.2 Å². The molecule has 8 heteroatoms. The molecule has 0 aromatic carbocycles. The third-order valence-corrected chi connectivity index (χ3v) is 4.93. The maximum absolute atomic E-state index is 12.3. The second-order valence-electron chi connectivity index (χ2n) is 6.74. The minimum absolute atomic E-state index is 0.0364. The quantitative estimate of drug-likeness (QED) is 0.407. The Balaban J connectivity index is 2.56. The number of rotatable bonds is 12. The fourth-order valence-electron chi connectivity index (χ4n) is 2.65. The van der Waals surface area contributed by atoms with Gasteiger partial charge in [0.05, 0.1) is 11.3 Å². The minimum Gasteiger partial charge on any atom is -0.452 e. The van der Waals surface area contributed by atoms with E-state index in [-0.39, 0.29) is 41.8 Å². The summed E-state index contributed by atoms with van der Waals surface area (Å²) in [7, 11) is 0. The number of carbonyl (C=O) groups is 3. The lowest BCUT2D eigenvalue weighted by Crippen LogP contribution is -2.35. The van der Waals surface area contributed by atoms with Gasteiger partial charge >= 0.3 is 5.97 Å². The van der Waals surface area contributed by atoms with Crippen LogP contribution in [0.3, 0.4) is 0 Å². The van der Waals surface area contributed by atoms with Gasteiger partial charge in [-0.15, -0.1) is 0 Å². The number of hydrogen-bond acceptors (Lipinski definition) is 6. The van der Waals surface area contributed by atoms with Crippen molar-refractivity contribution >= 4 is 29.5 Å². The fourth-order valence-corrected chi connectivity index (χ4v) is 3.44. The van der Waals surface area contributed by atoms with Crippen molar-refractivity contribution in [1.29, 1.82) is 0 Å². The van der Waals surface area contributed by atoms with Crippen LogP contribution >= 0.6 is 11.8 Å². The summed E-state index contributed by atoms with van der Waals surface area (Å²) in [6.07, 6.45) is 5.28. The molecule has 7 nitrogen and oxygen atoms in total. The van der Waals surface area contributed by atoms with Gasteiger partial charge in [-0.3, -0.25) is 9.59 Å². The Morgan fingerprint density at radius 2 is 1.68 bits per heavy atom. The van der Waals surface area contributed by atoms with Gasteiger partial charge in [-0.1, -0.05) is 38.5 Å². The van der Waals surface area contributed by atoms with Gasteiger partial charge < -0.3 is 15.4 Å². The number of amides is 2. The first-order chi connectivity index (χ1) is 13.4. The van der Waals surface area contributed by atoms with Crippen LogP contribution in [0, 0.1) is 0 Å². The largest absolute Gasteiger partial charge is 0.452 e. The Hall–Kier alpha value is -2.09. The number of carbonyl (C=O) groups excluding carboxylic acids is 3. The Labute approximate surface area is 171 Å². The first-order valence-corrected chi connectivity index (χ1v) is 10.7. The summed E-state index contributed by atoms with van der Waals surface area (Å²) in [5.74, 6) is -0.925. The third kappa shape index (κ3) is 9.21. The lowest BCUT2D eigenvalue weighted by molar-refractivity contribution is -0.125. The molecule has 2 amide bonds. The van der Waals surface area contributed by atoms with E-state index in [1.807, 2.05) is 20.8 Å². The van der Waals surface area contributed by atoms with Gasteiger partial charge in [-0.05, 0) is 38.8 Å². The lowest BCUT2D eigenvalue weighted by Gasteiger charge is -2.14. The summed E-state index contributed by atoms with van der Waals surface area (Å²) < 4.78 is 5.11. The number of thioether (sulfide) groups is 1. The number of esters is 1. The zero-order chi connectivity index (χ0) is 20.9. The van der Waals surface area contributed by atoms with Crippen molar-refractivity contribution < 1.29 is 19.1 Å². The third-order valence-electron chi connectivity index (χ3n) is 3.92. The molecule has 156 valence electrons. The van der Waals surface area contributed by atoms with Crippen molar-refractivity contribution in [1.82, 2.24) is 15.6 Å². The van der Waals surface area contributed by atoms with Crippen molar-refractivity contribution in [2.24, 2.45) is 0 Å². The van der Waals surface area contributed by atoms with E-state index in [1.54, 1.807) is 18.3 Å². The van der Waals surface area contributed by atoms with Gasteiger partial charge in [-0.25, -0.2) is 9.78 Å². The van der Waals surface area contributed by atoms with E-state index in [4.69, 9.17) is 4.74 Å². The van der Waals surface area contributed by atoms with Crippen LogP contribution in [0.5, 0.6) is 0 Å². The van der Waals surface area contributed by atoms with Gasteiger partial charge in [-0.2, -0.15) is 0 Å². The number of pyridine rings is 1. The molecule has 1 heterocycles. The molecule has 1 rings (SSSR count). The molecule has 0 fully saturated rings. The molecule has 0 aliphatic heterocycles. The number of nitrogens with one attached hydrogen (secondary N) is 2. The highest BCUT2D eigenvalue weighted by Crippen LogP contribution is 2.20. The molecule has 2 atom stereocenters. The second kappa shape index (κ2) is 13.1. The highest BCUT2D eigenvalue weighted by atomic mass is 32.2. The van der Waals surface area contributed by atoms with Gasteiger partial charge in [0, 0.05) is 18.3 Å². The molecular weight excluding hydrogens is 378 g/mol. The first-order valence-electron chi connectivity index (χ1n) is 9.70. The minimum atomic E-state index is -0.631. The van der Waals surface area contributed by atoms with E-state index in [1.165, 1.54) is 11.8 Å². The summed E-state index contributed by atoms with van der Waals surface area (Å²) in [4.78, 5) is 40.4. The normalized spacial score (nSPS) is 12.7. The van der Waals surface area contributed by atoms with Crippen LogP contribution in [0.15, 0.2) is 23.4 Å².